The fourth-order valence-corrected chi connectivity index (χ4v) is 2.87. The maximum absolute atomic E-state index is 6.19. The summed E-state index contributed by atoms with van der Waals surface area (Å²) in [5, 5.41) is 3.77. The zero-order valence-electron chi connectivity index (χ0n) is 11.1. The van der Waals surface area contributed by atoms with E-state index >= 15 is 0 Å². The molecule has 2 rings (SSSR count). The molecule has 0 fully saturated rings. The van der Waals surface area contributed by atoms with Crippen LogP contribution in [0.2, 0.25) is 0 Å². The molecule has 1 aromatic carbocycles. The second kappa shape index (κ2) is 5.19. The fraction of sp³-hybridized carbons (Fsp3) is 0.600. The molecule has 0 amide bonds. The van der Waals surface area contributed by atoms with Crippen LogP contribution in [0.15, 0.2) is 24.3 Å². The molecule has 3 atom stereocenters. The predicted octanol–water partition coefficient (Wildman–Crippen LogP) is 3.16. The average molecular weight is 232 g/mol. The monoisotopic (exact) mass is 232 g/mol. The van der Waals surface area contributed by atoms with Gasteiger partial charge in [0.15, 0.2) is 0 Å². The van der Waals surface area contributed by atoms with Gasteiger partial charge in [-0.15, -0.1) is 0 Å². The quantitative estimate of drug-likeness (QED) is 0.837. The van der Waals surface area contributed by atoms with Crippen LogP contribution in [0.3, 0.4) is 0 Å². The lowest BCUT2D eigenvalue weighted by Gasteiger charge is -2.25. The fourth-order valence-electron chi connectivity index (χ4n) is 2.87. The van der Waals surface area contributed by atoms with Crippen LogP contribution in [0.1, 0.15) is 56.8 Å². The van der Waals surface area contributed by atoms with Crippen molar-refractivity contribution in [3.05, 3.63) is 35.4 Å². The van der Waals surface area contributed by atoms with Gasteiger partial charge in [0.05, 0.1) is 0 Å². The molecule has 3 unspecified atom stereocenters. The van der Waals surface area contributed by atoms with Gasteiger partial charge in [0.25, 0.3) is 0 Å². The van der Waals surface area contributed by atoms with Crippen LogP contribution >= 0.6 is 0 Å². The predicted molar refractivity (Wildman–Crippen MR) is 72.8 cm³/mol. The maximum atomic E-state index is 6.19. The molecule has 2 nitrogen and oxygen atoms in total. The van der Waals surface area contributed by atoms with Crippen molar-refractivity contribution in [1.29, 1.82) is 0 Å². The Hall–Kier alpha value is -0.860. The van der Waals surface area contributed by atoms with Crippen LogP contribution in [-0.4, -0.2) is 6.04 Å². The molecule has 17 heavy (non-hydrogen) atoms. The molecule has 3 N–H and O–H groups in total. The van der Waals surface area contributed by atoms with Crippen molar-refractivity contribution in [2.75, 3.05) is 0 Å². The summed E-state index contributed by atoms with van der Waals surface area (Å²) >= 11 is 0. The van der Waals surface area contributed by atoms with E-state index in [1.165, 1.54) is 17.5 Å². The summed E-state index contributed by atoms with van der Waals surface area (Å²) in [6.45, 7) is 6.81. The van der Waals surface area contributed by atoms with Crippen molar-refractivity contribution in [3.63, 3.8) is 0 Å². The Bertz CT molecular complexity index is 373. The minimum Gasteiger partial charge on any atom is -0.324 e. The SMILES string of the molecule is CCC(NC1CC(N)c2ccccc21)C(C)C. The van der Waals surface area contributed by atoms with E-state index in [1.807, 2.05) is 0 Å². The zero-order chi connectivity index (χ0) is 12.4. The Morgan fingerprint density at radius 1 is 1.29 bits per heavy atom. The summed E-state index contributed by atoms with van der Waals surface area (Å²) in [5.41, 5.74) is 8.91. The number of nitrogens with two attached hydrogens (primary N) is 1. The molecule has 0 aromatic heterocycles. The van der Waals surface area contributed by atoms with Crippen molar-refractivity contribution >= 4 is 0 Å². The average Bonchev–Trinajstić information content (AvgIpc) is 2.63. The Morgan fingerprint density at radius 3 is 2.53 bits per heavy atom. The molecule has 1 aliphatic carbocycles. The minimum absolute atomic E-state index is 0.202. The molecule has 0 aliphatic heterocycles. The van der Waals surface area contributed by atoms with Gasteiger partial charge in [-0.05, 0) is 29.9 Å². The molecule has 2 heteroatoms. The molecule has 1 aliphatic rings. The van der Waals surface area contributed by atoms with Gasteiger partial charge in [-0.2, -0.15) is 0 Å². The third-order valence-electron chi connectivity index (χ3n) is 3.92. The van der Waals surface area contributed by atoms with Crippen LogP contribution in [0.25, 0.3) is 0 Å². The first-order valence-electron chi connectivity index (χ1n) is 6.74. The largest absolute Gasteiger partial charge is 0.324 e. The summed E-state index contributed by atoms with van der Waals surface area (Å²) in [5.74, 6) is 0.670. The van der Waals surface area contributed by atoms with Gasteiger partial charge in [-0.3, -0.25) is 0 Å². The highest BCUT2D eigenvalue weighted by Gasteiger charge is 2.29. The second-order valence-corrected chi connectivity index (χ2v) is 5.45. The van der Waals surface area contributed by atoms with E-state index in [1.54, 1.807) is 0 Å². The topological polar surface area (TPSA) is 38.0 Å². The zero-order valence-corrected chi connectivity index (χ0v) is 11.1. The van der Waals surface area contributed by atoms with Crippen LogP contribution < -0.4 is 11.1 Å². The van der Waals surface area contributed by atoms with E-state index in [9.17, 15) is 0 Å². The van der Waals surface area contributed by atoms with Crippen molar-refractivity contribution in [3.8, 4) is 0 Å². The van der Waals surface area contributed by atoms with E-state index in [4.69, 9.17) is 5.73 Å². The van der Waals surface area contributed by atoms with E-state index in [0.29, 0.717) is 18.0 Å². The molecule has 0 heterocycles. The highest BCUT2D eigenvalue weighted by molar-refractivity contribution is 5.37. The Balaban J connectivity index is 2.14. The highest BCUT2D eigenvalue weighted by Crippen LogP contribution is 2.37. The normalized spacial score (nSPS) is 25.0. The van der Waals surface area contributed by atoms with E-state index in [-0.39, 0.29) is 6.04 Å². The Morgan fingerprint density at radius 2 is 1.94 bits per heavy atom. The molecule has 0 saturated heterocycles. The van der Waals surface area contributed by atoms with Gasteiger partial charge in [-0.1, -0.05) is 45.0 Å². The molecule has 0 saturated carbocycles. The van der Waals surface area contributed by atoms with E-state index in [0.717, 1.165) is 6.42 Å². The highest BCUT2D eigenvalue weighted by atomic mass is 15.0. The number of hydrogen-bond donors (Lipinski definition) is 2. The molecule has 0 bridgehead atoms. The molecular formula is C15H24N2. The number of benzene rings is 1. The first-order valence-corrected chi connectivity index (χ1v) is 6.74. The van der Waals surface area contributed by atoms with E-state index in [2.05, 4.69) is 50.4 Å². The first kappa shape index (κ1) is 12.6. The van der Waals surface area contributed by atoms with Gasteiger partial charge in [0.1, 0.15) is 0 Å². The summed E-state index contributed by atoms with van der Waals surface area (Å²) in [7, 11) is 0. The van der Waals surface area contributed by atoms with Crippen molar-refractivity contribution < 1.29 is 0 Å². The second-order valence-electron chi connectivity index (χ2n) is 5.45. The van der Waals surface area contributed by atoms with Gasteiger partial charge < -0.3 is 11.1 Å². The van der Waals surface area contributed by atoms with Gasteiger partial charge in [0.2, 0.25) is 0 Å². The third-order valence-corrected chi connectivity index (χ3v) is 3.92. The molecular weight excluding hydrogens is 208 g/mol. The lowest BCUT2D eigenvalue weighted by Crippen LogP contribution is -2.35. The summed E-state index contributed by atoms with van der Waals surface area (Å²) < 4.78 is 0. The minimum atomic E-state index is 0.202. The Kier molecular flexibility index (Phi) is 3.85. The van der Waals surface area contributed by atoms with Gasteiger partial charge >= 0.3 is 0 Å². The van der Waals surface area contributed by atoms with Gasteiger partial charge in [-0.25, -0.2) is 0 Å². The molecule has 1 aromatic rings. The molecule has 0 radical (unpaired) electrons. The van der Waals surface area contributed by atoms with Gasteiger partial charge in [0, 0.05) is 18.1 Å². The third kappa shape index (κ3) is 2.53. The lowest BCUT2D eigenvalue weighted by molar-refractivity contribution is 0.338. The van der Waals surface area contributed by atoms with Crippen LogP contribution in [-0.2, 0) is 0 Å². The summed E-state index contributed by atoms with van der Waals surface area (Å²) in [6, 6.07) is 9.80. The summed E-state index contributed by atoms with van der Waals surface area (Å²) in [6.07, 6.45) is 2.20. The van der Waals surface area contributed by atoms with Crippen LogP contribution in [0, 0.1) is 5.92 Å². The number of hydrogen-bond acceptors (Lipinski definition) is 2. The van der Waals surface area contributed by atoms with Crippen molar-refractivity contribution in [2.24, 2.45) is 11.7 Å². The Labute approximate surface area is 105 Å². The summed E-state index contributed by atoms with van der Waals surface area (Å²) in [4.78, 5) is 0. The number of rotatable bonds is 4. The number of fused-ring (bicyclic) bond motifs is 1. The van der Waals surface area contributed by atoms with Crippen LogP contribution in [0.4, 0.5) is 0 Å². The molecule has 0 spiro atoms. The first-order chi connectivity index (χ1) is 8.13. The van der Waals surface area contributed by atoms with E-state index < -0.39 is 0 Å². The number of nitrogens with one attached hydrogen (secondary N) is 1. The van der Waals surface area contributed by atoms with Crippen molar-refractivity contribution in [2.45, 2.75) is 51.7 Å². The van der Waals surface area contributed by atoms with Crippen molar-refractivity contribution in [1.82, 2.24) is 5.32 Å². The maximum Gasteiger partial charge on any atom is 0.0344 e. The lowest BCUT2D eigenvalue weighted by atomic mass is 9.99. The van der Waals surface area contributed by atoms with Crippen LogP contribution in [0.5, 0.6) is 0 Å². The molecule has 94 valence electrons. The smallest absolute Gasteiger partial charge is 0.0344 e. The standard InChI is InChI=1S/C15H24N2/c1-4-14(10(2)3)17-15-9-13(16)11-7-5-6-8-12(11)15/h5-8,10,13-15,17H,4,9,16H2,1-3H3.